The van der Waals surface area contributed by atoms with E-state index in [9.17, 15) is 9.59 Å². The van der Waals surface area contributed by atoms with Crippen LogP contribution in [0.25, 0.3) is 0 Å². The number of fused-ring (bicyclic) bond motifs is 2. The normalized spacial score (nSPS) is 19.1. The van der Waals surface area contributed by atoms with Gasteiger partial charge in [-0.15, -0.1) is 0 Å². The molecule has 2 aromatic heterocycles. The number of tetrazole rings is 2. The summed E-state index contributed by atoms with van der Waals surface area (Å²) < 4.78 is 13.1. The van der Waals surface area contributed by atoms with Crippen LogP contribution >= 0.6 is 0 Å². The van der Waals surface area contributed by atoms with Gasteiger partial charge in [-0.1, -0.05) is 34.5 Å². The maximum Gasteiger partial charge on any atom is 0.338 e. The van der Waals surface area contributed by atoms with Crippen LogP contribution in [0.5, 0.6) is 0 Å². The fourth-order valence-electron chi connectivity index (χ4n) is 4.29. The minimum Gasteiger partial charge on any atom is -0.466 e. The molecule has 2 aliphatic heterocycles. The molecular formula is C20H20N10O4. The zero-order chi connectivity index (χ0) is 24.0. The number of anilines is 2. The van der Waals surface area contributed by atoms with Crippen molar-refractivity contribution in [1.82, 2.24) is 40.4 Å². The zero-order valence-electron chi connectivity index (χ0n) is 18.7. The summed E-state index contributed by atoms with van der Waals surface area (Å²) in [5.41, 5.74) is 3.24. The van der Waals surface area contributed by atoms with Crippen LogP contribution in [0.2, 0.25) is 0 Å². The predicted octanol–water partition coefficient (Wildman–Crippen LogP) is 0.583. The lowest BCUT2D eigenvalue weighted by Crippen LogP contribution is -2.30. The second-order valence-corrected chi connectivity index (χ2v) is 7.68. The van der Waals surface area contributed by atoms with Crippen LogP contribution < -0.4 is 10.6 Å². The third-order valence-electron chi connectivity index (χ3n) is 5.78. The monoisotopic (exact) mass is 464 g/mol. The number of hydrogen-bond acceptors (Lipinski definition) is 12. The number of nitrogens with one attached hydrogen (secondary N) is 2. The number of nitrogens with zero attached hydrogens (tertiary/aromatic N) is 8. The molecule has 5 rings (SSSR count). The van der Waals surface area contributed by atoms with E-state index in [-0.39, 0.29) is 0 Å². The molecule has 14 heteroatoms. The Balaban J connectivity index is 1.68. The van der Waals surface area contributed by atoms with Crippen LogP contribution in [0.1, 0.15) is 37.1 Å². The molecule has 0 radical (unpaired) electrons. The molecule has 1 aromatic carbocycles. The summed E-state index contributed by atoms with van der Waals surface area (Å²) in [6, 6.07) is 6.03. The number of carbonyl (C=O) groups excluding carboxylic acids is 2. The first kappa shape index (κ1) is 21.2. The van der Waals surface area contributed by atoms with Crippen molar-refractivity contribution in [1.29, 1.82) is 0 Å². The van der Waals surface area contributed by atoms with Gasteiger partial charge in [-0.05, 0) is 45.8 Å². The number of rotatable bonds is 4. The molecular weight excluding hydrogens is 444 g/mol. The van der Waals surface area contributed by atoms with Gasteiger partial charge < -0.3 is 20.1 Å². The number of esters is 2. The number of benzene rings is 1. The molecule has 174 valence electrons. The summed E-state index contributed by atoms with van der Waals surface area (Å²) in [5.74, 6) is -0.262. The molecule has 2 N–H and O–H groups in total. The van der Waals surface area contributed by atoms with Gasteiger partial charge in [-0.3, -0.25) is 0 Å². The average Bonchev–Trinajstić information content (AvgIpc) is 3.50. The second-order valence-electron chi connectivity index (χ2n) is 7.68. The summed E-state index contributed by atoms with van der Waals surface area (Å²) in [4.78, 5) is 25.4. The SMILES string of the molecule is COC(=O)C1=C(C)Nc2nnnn2C1c1cccc(C2C(C(=O)OC)=C(C)Nc3nnnn32)c1. The van der Waals surface area contributed by atoms with Crippen molar-refractivity contribution in [2.24, 2.45) is 0 Å². The van der Waals surface area contributed by atoms with Crippen LogP contribution in [-0.2, 0) is 19.1 Å². The van der Waals surface area contributed by atoms with Crippen LogP contribution in [0.15, 0.2) is 46.8 Å². The topological polar surface area (TPSA) is 164 Å². The molecule has 2 atom stereocenters. The van der Waals surface area contributed by atoms with Gasteiger partial charge in [-0.25, -0.2) is 9.59 Å². The van der Waals surface area contributed by atoms with E-state index < -0.39 is 24.0 Å². The fraction of sp³-hybridized carbons (Fsp3) is 0.300. The summed E-state index contributed by atoms with van der Waals surface area (Å²) in [6.07, 6.45) is 0. The maximum atomic E-state index is 12.7. The summed E-state index contributed by atoms with van der Waals surface area (Å²) in [6.45, 7) is 3.51. The molecule has 0 amide bonds. The molecule has 34 heavy (non-hydrogen) atoms. The van der Waals surface area contributed by atoms with Crippen molar-refractivity contribution in [3.8, 4) is 0 Å². The van der Waals surface area contributed by atoms with E-state index in [0.717, 1.165) is 0 Å². The van der Waals surface area contributed by atoms with Crippen molar-refractivity contribution in [2.75, 3.05) is 24.9 Å². The summed E-state index contributed by atoms with van der Waals surface area (Å²) >= 11 is 0. The molecule has 0 spiro atoms. The second kappa shape index (κ2) is 8.06. The van der Waals surface area contributed by atoms with E-state index in [0.29, 0.717) is 45.6 Å². The third-order valence-corrected chi connectivity index (χ3v) is 5.78. The lowest BCUT2D eigenvalue weighted by molar-refractivity contribution is -0.137. The highest BCUT2D eigenvalue weighted by atomic mass is 16.5. The molecule has 14 nitrogen and oxygen atoms in total. The minimum atomic E-state index is -0.666. The Morgan fingerprint density at radius 3 is 1.68 bits per heavy atom. The first-order chi connectivity index (χ1) is 16.4. The van der Waals surface area contributed by atoms with Crippen molar-refractivity contribution in [2.45, 2.75) is 25.9 Å². The van der Waals surface area contributed by atoms with E-state index in [1.165, 1.54) is 23.6 Å². The molecule has 0 aliphatic carbocycles. The molecule has 4 heterocycles. The number of allylic oxidation sites excluding steroid dienone is 2. The average molecular weight is 464 g/mol. The molecule has 2 aliphatic rings. The van der Waals surface area contributed by atoms with Crippen LogP contribution in [-0.4, -0.2) is 66.6 Å². The van der Waals surface area contributed by atoms with Gasteiger partial charge in [0.05, 0.1) is 25.4 Å². The number of ether oxygens (including phenoxy) is 2. The Morgan fingerprint density at radius 2 is 1.26 bits per heavy atom. The van der Waals surface area contributed by atoms with Crippen molar-refractivity contribution < 1.29 is 19.1 Å². The van der Waals surface area contributed by atoms with E-state index >= 15 is 0 Å². The Hall–Kier alpha value is -4.62. The summed E-state index contributed by atoms with van der Waals surface area (Å²) in [7, 11) is 2.63. The van der Waals surface area contributed by atoms with Crippen molar-refractivity contribution >= 4 is 23.8 Å². The fourth-order valence-corrected chi connectivity index (χ4v) is 4.29. The van der Waals surface area contributed by atoms with E-state index in [4.69, 9.17) is 9.47 Å². The quantitative estimate of drug-likeness (QED) is 0.517. The van der Waals surface area contributed by atoms with Gasteiger partial charge in [0, 0.05) is 11.4 Å². The molecule has 0 bridgehead atoms. The molecule has 3 aromatic rings. The van der Waals surface area contributed by atoms with Crippen molar-refractivity contribution in [3.63, 3.8) is 0 Å². The highest BCUT2D eigenvalue weighted by Crippen LogP contribution is 2.39. The standard InChI is InChI=1S/C20H20N10O4/c1-9-13(17(31)33-3)15(29-19(21-9)23-25-27-29)11-6-5-7-12(8-11)16-14(18(32)34-4)10(2)22-20-24-26-28-30(16)20/h5-8,15-16H,1-4H3,(H,21,23,27)(H,22,24,28). The van der Waals surface area contributed by atoms with Crippen LogP contribution in [0.3, 0.4) is 0 Å². The van der Waals surface area contributed by atoms with Gasteiger partial charge in [0.1, 0.15) is 12.1 Å². The third kappa shape index (κ3) is 3.18. The highest BCUT2D eigenvalue weighted by Gasteiger charge is 2.37. The van der Waals surface area contributed by atoms with Crippen LogP contribution in [0, 0.1) is 0 Å². The molecule has 0 fully saturated rings. The highest BCUT2D eigenvalue weighted by molar-refractivity contribution is 5.93. The van der Waals surface area contributed by atoms with Crippen molar-refractivity contribution in [3.05, 3.63) is 57.9 Å². The Labute approximate surface area is 192 Å². The van der Waals surface area contributed by atoms with E-state index in [1.807, 2.05) is 24.3 Å². The Morgan fingerprint density at radius 1 is 0.824 bits per heavy atom. The molecule has 0 saturated heterocycles. The number of carbonyl (C=O) groups is 2. The molecule has 2 unspecified atom stereocenters. The largest absolute Gasteiger partial charge is 0.466 e. The smallest absolute Gasteiger partial charge is 0.338 e. The lowest BCUT2D eigenvalue weighted by Gasteiger charge is -2.29. The van der Waals surface area contributed by atoms with Crippen LogP contribution in [0.4, 0.5) is 11.9 Å². The first-order valence-corrected chi connectivity index (χ1v) is 10.2. The molecule has 0 saturated carbocycles. The Bertz CT molecular complexity index is 1270. The minimum absolute atomic E-state index is 0.354. The first-order valence-electron chi connectivity index (χ1n) is 10.2. The number of aromatic nitrogens is 8. The van der Waals surface area contributed by atoms with Gasteiger partial charge in [0.25, 0.3) is 0 Å². The Kier molecular flexibility index (Phi) is 5.03. The summed E-state index contributed by atoms with van der Waals surface area (Å²) in [5, 5.41) is 29.7. The van der Waals surface area contributed by atoms with Gasteiger partial charge in [0.15, 0.2) is 0 Å². The van der Waals surface area contributed by atoms with E-state index in [1.54, 1.807) is 13.8 Å². The lowest BCUT2D eigenvalue weighted by atomic mass is 9.90. The maximum absolute atomic E-state index is 12.7. The zero-order valence-corrected chi connectivity index (χ0v) is 18.7. The van der Waals surface area contributed by atoms with E-state index in [2.05, 4.69) is 41.7 Å². The van der Waals surface area contributed by atoms with Gasteiger partial charge in [0.2, 0.25) is 11.9 Å². The number of methoxy groups -OCH3 is 2. The number of hydrogen-bond donors (Lipinski definition) is 2. The predicted molar refractivity (Wildman–Crippen MR) is 115 cm³/mol. The van der Waals surface area contributed by atoms with Gasteiger partial charge in [-0.2, -0.15) is 9.36 Å². The van der Waals surface area contributed by atoms with Gasteiger partial charge >= 0.3 is 11.9 Å².